The zero-order chi connectivity index (χ0) is 20.3. The van der Waals surface area contributed by atoms with Gasteiger partial charge in [0, 0.05) is 7.05 Å². The molecule has 1 saturated heterocycles. The van der Waals surface area contributed by atoms with Crippen molar-refractivity contribution in [2.75, 3.05) is 19.1 Å². The molecule has 0 radical (unpaired) electrons. The van der Waals surface area contributed by atoms with Crippen molar-refractivity contribution in [3.8, 4) is 0 Å². The van der Waals surface area contributed by atoms with E-state index in [4.69, 9.17) is 16.6 Å². The molecule has 1 aromatic carbocycles. The van der Waals surface area contributed by atoms with Crippen LogP contribution in [0, 0.1) is 0 Å². The third-order valence-corrected chi connectivity index (χ3v) is 4.87. The molecule has 1 N–H and O–H groups in total. The van der Waals surface area contributed by atoms with Crippen molar-refractivity contribution in [3.63, 3.8) is 0 Å². The molecule has 8 nitrogen and oxygen atoms in total. The predicted molar refractivity (Wildman–Crippen MR) is 105 cm³/mol. The summed E-state index contributed by atoms with van der Waals surface area (Å²) in [5.41, 5.74) is 0.719. The maximum atomic E-state index is 13.0. The number of esters is 1. The van der Waals surface area contributed by atoms with Crippen LogP contribution in [0.4, 0.5) is 5.69 Å². The van der Waals surface area contributed by atoms with Crippen LogP contribution in [0.1, 0.15) is 22.5 Å². The largest absolute Gasteiger partial charge is 0.467 e. The lowest BCUT2D eigenvalue weighted by Gasteiger charge is -2.28. The fourth-order valence-electron chi connectivity index (χ4n) is 3.03. The first-order valence-electron chi connectivity index (χ1n) is 8.52. The zero-order valence-electron chi connectivity index (χ0n) is 15.4. The summed E-state index contributed by atoms with van der Waals surface area (Å²) in [4.78, 5) is 39.9. The lowest BCUT2D eigenvalue weighted by Crippen LogP contribution is -2.48. The minimum absolute atomic E-state index is 0.0138. The topological polar surface area (TPSA) is 92.1 Å². The first-order valence-corrected chi connectivity index (χ1v) is 8.93. The van der Waals surface area contributed by atoms with Gasteiger partial charge in [0.05, 0.1) is 37.6 Å². The van der Waals surface area contributed by atoms with Crippen LogP contribution in [0.5, 0.6) is 0 Å². The zero-order valence-corrected chi connectivity index (χ0v) is 16.2. The molecule has 1 fully saturated rings. The van der Waals surface area contributed by atoms with Crippen LogP contribution in [-0.2, 0) is 20.9 Å². The van der Waals surface area contributed by atoms with Gasteiger partial charge < -0.3 is 19.4 Å². The SMILES string of the molecule is CNC(=S)N(Cc1ccco1)[C@@H]1CC(=O)N(c2ccc(C(=O)OC)cc2)C1=O. The summed E-state index contributed by atoms with van der Waals surface area (Å²) in [6.07, 6.45) is 1.52. The Hall–Kier alpha value is -3.20. The predicted octanol–water partition coefficient (Wildman–Crippen LogP) is 1.70. The second-order valence-corrected chi connectivity index (χ2v) is 6.47. The number of benzene rings is 1. The number of amides is 2. The molecule has 1 aromatic heterocycles. The number of nitrogens with one attached hydrogen (secondary N) is 1. The van der Waals surface area contributed by atoms with Gasteiger partial charge in [0.25, 0.3) is 5.91 Å². The summed E-state index contributed by atoms with van der Waals surface area (Å²) in [6, 6.07) is 8.86. The number of anilines is 1. The highest BCUT2D eigenvalue weighted by Gasteiger charge is 2.43. The van der Waals surface area contributed by atoms with Gasteiger partial charge >= 0.3 is 5.97 Å². The van der Waals surface area contributed by atoms with Crippen molar-refractivity contribution >= 4 is 40.8 Å². The lowest BCUT2D eigenvalue weighted by atomic mass is 10.2. The van der Waals surface area contributed by atoms with Crippen LogP contribution in [-0.4, -0.2) is 48.0 Å². The molecule has 0 saturated carbocycles. The molecule has 28 heavy (non-hydrogen) atoms. The number of methoxy groups -OCH3 is 1. The van der Waals surface area contributed by atoms with Crippen molar-refractivity contribution < 1.29 is 23.5 Å². The molecule has 0 bridgehead atoms. The number of thiocarbonyl (C=S) groups is 1. The van der Waals surface area contributed by atoms with E-state index in [-0.39, 0.29) is 24.8 Å². The number of nitrogens with zero attached hydrogens (tertiary/aromatic N) is 2. The molecule has 3 rings (SSSR count). The van der Waals surface area contributed by atoms with Crippen LogP contribution < -0.4 is 10.2 Å². The highest BCUT2D eigenvalue weighted by atomic mass is 32.1. The Labute approximate surface area is 167 Å². The van der Waals surface area contributed by atoms with E-state index in [2.05, 4.69) is 10.1 Å². The molecule has 2 heterocycles. The standard InChI is InChI=1S/C19H19N3O5S/c1-20-19(28)21(11-14-4-3-9-27-14)15-10-16(23)22(17(15)24)13-7-5-12(6-8-13)18(25)26-2/h3-9,15H,10-11H2,1-2H3,(H,20,28)/t15-/m1/s1. The summed E-state index contributed by atoms with van der Waals surface area (Å²) in [6.45, 7) is 0.255. The number of furan rings is 1. The van der Waals surface area contributed by atoms with Crippen LogP contribution >= 0.6 is 12.2 Å². The smallest absolute Gasteiger partial charge is 0.337 e. The summed E-state index contributed by atoms with van der Waals surface area (Å²) < 4.78 is 10.0. The van der Waals surface area contributed by atoms with Crippen molar-refractivity contribution in [2.45, 2.75) is 19.0 Å². The molecular formula is C19H19N3O5S. The van der Waals surface area contributed by atoms with Crippen LogP contribution in [0.25, 0.3) is 0 Å². The molecule has 0 unspecified atom stereocenters. The molecule has 2 aromatic rings. The van der Waals surface area contributed by atoms with E-state index in [0.29, 0.717) is 22.1 Å². The van der Waals surface area contributed by atoms with E-state index in [9.17, 15) is 14.4 Å². The Kier molecular flexibility index (Phi) is 5.74. The third-order valence-electron chi connectivity index (χ3n) is 4.43. The van der Waals surface area contributed by atoms with Crippen LogP contribution in [0.2, 0.25) is 0 Å². The van der Waals surface area contributed by atoms with Gasteiger partial charge in [-0.05, 0) is 48.6 Å². The summed E-state index contributed by atoms with van der Waals surface area (Å²) >= 11 is 5.33. The van der Waals surface area contributed by atoms with E-state index in [0.717, 1.165) is 4.90 Å². The molecule has 1 aliphatic rings. The second-order valence-electron chi connectivity index (χ2n) is 6.09. The van der Waals surface area contributed by atoms with Gasteiger partial charge in [0.1, 0.15) is 11.8 Å². The number of imide groups is 1. The van der Waals surface area contributed by atoms with Crippen LogP contribution in [0.3, 0.4) is 0 Å². The Morgan fingerprint density at radius 3 is 2.61 bits per heavy atom. The van der Waals surface area contributed by atoms with Gasteiger partial charge in [-0.2, -0.15) is 0 Å². The van der Waals surface area contributed by atoms with Gasteiger partial charge in [-0.1, -0.05) is 0 Å². The number of carbonyl (C=O) groups excluding carboxylic acids is 3. The van der Waals surface area contributed by atoms with Crippen LogP contribution in [0.15, 0.2) is 47.1 Å². The van der Waals surface area contributed by atoms with E-state index >= 15 is 0 Å². The molecule has 2 amide bonds. The molecule has 1 atom stereocenters. The van der Waals surface area contributed by atoms with Gasteiger partial charge in [-0.15, -0.1) is 0 Å². The molecular weight excluding hydrogens is 382 g/mol. The fourth-order valence-corrected chi connectivity index (χ4v) is 3.22. The van der Waals surface area contributed by atoms with E-state index < -0.39 is 12.0 Å². The minimum atomic E-state index is -0.752. The Bertz CT molecular complexity index is 895. The quantitative estimate of drug-likeness (QED) is 0.460. The Balaban J connectivity index is 1.84. The minimum Gasteiger partial charge on any atom is -0.467 e. The van der Waals surface area contributed by atoms with E-state index in [1.54, 1.807) is 24.1 Å². The van der Waals surface area contributed by atoms with Crippen molar-refractivity contribution in [2.24, 2.45) is 0 Å². The maximum absolute atomic E-state index is 13.0. The number of hydrogen-bond donors (Lipinski definition) is 1. The normalized spacial score (nSPS) is 16.2. The molecule has 0 aliphatic carbocycles. The molecule has 1 aliphatic heterocycles. The average molecular weight is 401 g/mol. The fraction of sp³-hybridized carbons (Fsp3) is 0.263. The number of rotatable bonds is 5. The molecule has 0 spiro atoms. The van der Waals surface area contributed by atoms with Gasteiger partial charge in [-0.3, -0.25) is 9.59 Å². The van der Waals surface area contributed by atoms with Crippen molar-refractivity contribution in [1.29, 1.82) is 0 Å². The number of hydrogen-bond acceptors (Lipinski definition) is 6. The molecule has 9 heteroatoms. The van der Waals surface area contributed by atoms with Crippen molar-refractivity contribution in [3.05, 3.63) is 54.0 Å². The maximum Gasteiger partial charge on any atom is 0.337 e. The van der Waals surface area contributed by atoms with Crippen molar-refractivity contribution in [1.82, 2.24) is 10.2 Å². The molecule has 146 valence electrons. The first-order chi connectivity index (χ1) is 13.5. The Morgan fingerprint density at radius 1 is 1.32 bits per heavy atom. The number of carbonyl (C=O) groups is 3. The average Bonchev–Trinajstić information content (AvgIpc) is 3.32. The van der Waals surface area contributed by atoms with Gasteiger partial charge in [0.2, 0.25) is 5.91 Å². The first kappa shape index (κ1) is 19.6. The van der Waals surface area contributed by atoms with E-state index in [1.807, 2.05) is 0 Å². The summed E-state index contributed by atoms with van der Waals surface area (Å²) in [5.74, 6) is -0.602. The summed E-state index contributed by atoms with van der Waals surface area (Å²) in [5, 5.41) is 3.19. The summed E-state index contributed by atoms with van der Waals surface area (Å²) in [7, 11) is 2.94. The second kappa shape index (κ2) is 8.22. The third kappa shape index (κ3) is 3.74. The van der Waals surface area contributed by atoms with Gasteiger partial charge in [-0.25, -0.2) is 9.69 Å². The van der Waals surface area contributed by atoms with Gasteiger partial charge in [0.15, 0.2) is 5.11 Å². The monoisotopic (exact) mass is 401 g/mol. The van der Waals surface area contributed by atoms with E-state index in [1.165, 1.54) is 37.6 Å². The Morgan fingerprint density at radius 2 is 2.04 bits per heavy atom. The number of ether oxygens (including phenoxy) is 1. The lowest BCUT2D eigenvalue weighted by molar-refractivity contribution is -0.122. The highest BCUT2D eigenvalue weighted by molar-refractivity contribution is 7.80. The highest BCUT2D eigenvalue weighted by Crippen LogP contribution is 2.27.